The number of ether oxygens (including phenoxy) is 1. The molecular formula is C23H22BrF3N2O2. The highest BCUT2D eigenvalue weighted by molar-refractivity contribution is 9.10. The van der Waals surface area contributed by atoms with Crippen molar-refractivity contribution in [3.63, 3.8) is 0 Å². The molecule has 1 atom stereocenters. The molecule has 1 unspecified atom stereocenters. The zero-order valence-corrected chi connectivity index (χ0v) is 18.8. The summed E-state index contributed by atoms with van der Waals surface area (Å²) in [6, 6.07) is 11.8. The number of fused-ring (bicyclic) bond motifs is 1. The zero-order valence-electron chi connectivity index (χ0n) is 17.2. The molecule has 1 N–H and O–H groups in total. The highest BCUT2D eigenvalue weighted by atomic mass is 79.9. The zero-order chi connectivity index (χ0) is 22.9. The molecule has 0 aliphatic carbocycles. The van der Waals surface area contributed by atoms with Gasteiger partial charge < -0.3 is 9.84 Å². The first kappa shape index (κ1) is 23.2. The van der Waals surface area contributed by atoms with Crippen LogP contribution in [0.1, 0.15) is 25.8 Å². The smallest absolute Gasteiger partial charge is 0.422 e. The quantitative estimate of drug-likeness (QED) is 0.405. The summed E-state index contributed by atoms with van der Waals surface area (Å²) in [7, 11) is 1.48. The highest BCUT2D eigenvalue weighted by Gasteiger charge is 2.55. The van der Waals surface area contributed by atoms with Crippen molar-refractivity contribution in [2.24, 2.45) is 4.99 Å². The molecule has 2 aromatic carbocycles. The van der Waals surface area contributed by atoms with E-state index in [0.29, 0.717) is 33.1 Å². The van der Waals surface area contributed by atoms with Gasteiger partial charge in [-0.05, 0) is 57.6 Å². The molecule has 0 fully saturated rings. The van der Waals surface area contributed by atoms with E-state index >= 15 is 0 Å². The number of halogens is 4. The van der Waals surface area contributed by atoms with Crippen molar-refractivity contribution in [1.82, 2.24) is 4.98 Å². The molecule has 0 amide bonds. The molecule has 8 heteroatoms. The van der Waals surface area contributed by atoms with Crippen LogP contribution in [-0.4, -0.2) is 35.2 Å². The van der Waals surface area contributed by atoms with Gasteiger partial charge in [-0.25, -0.2) is 0 Å². The summed E-state index contributed by atoms with van der Waals surface area (Å²) in [5, 5.41) is 12.1. The molecule has 0 bridgehead atoms. The first-order chi connectivity index (χ1) is 14.5. The Kier molecular flexibility index (Phi) is 6.43. The van der Waals surface area contributed by atoms with Gasteiger partial charge in [-0.3, -0.25) is 9.98 Å². The van der Waals surface area contributed by atoms with Crippen LogP contribution in [-0.2, 0) is 5.41 Å². The highest BCUT2D eigenvalue weighted by Crippen LogP contribution is 2.42. The Balaban J connectivity index is 2.00. The molecule has 1 aromatic heterocycles. The van der Waals surface area contributed by atoms with Crippen molar-refractivity contribution in [2.45, 2.75) is 37.5 Å². The van der Waals surface area contributed by atoms with Crippen molar-refractivity contribution in [3.8, 4) is 5.75 Å². The summed E-state index contributed by atoms with van der Waals surface area (Å²) in [6.07, 6.45) is -1.79. The van der Waals surface area contributed by atoms with Gasteiger partial charge in [0.05, 0.1) is 17.3 Å². The summed E-state index contributed by atoms with van der Waals surface area (Å²) >= 11 is 3.34. The number of nitrogens with zero attached hydrogens (tertiary/aromatic N) is 2. The largest absolute Gasteiger partial charge is 0.496 e. The van der Waals surface area contributed by atoms with E-state index in [4.69, 9.17) is 4.74 Å². The van der Waals surface area contributed by atoms with E-state index in [1.165, 1.54) is 7.11 Å². The predicted molar refractivity (Wildman–Crippen MR) is 119 cm³/mol. The molecule has 0 aliphatic heterocycles. The number of hydrogen-bond acceptors (Lipinski definition) is 4. The fourth-order valence-electron chi connectivity index (χ4n) is 3.47. The third kappa shape index (κ3) is 4.91. The standard InChI is InChI=1S/C23H22BrF3N2O2/c1-21(2,16-7-8-18(24)20(11-16)31-3)13-22(30,23(25,26)27)14-29-19-6-4-5-15-12-28-10-9-17(15)19/h4-12,14,30H,13H2,1-3H3. The molecule has 0 saturated carbocycles. The number of pyridine rings is 1. The predicted octanol–water partition coefficient (Wildman–Crippen LogP) is 6.37. The van der Waals surface area contributed by atoms with E-state index in [0.717, 1.165) is 5.39 Å². The number of alkyl halides is 3. The molecule has 0 aliphatic rings. The minimum atomic E-state index is -4.92. The van der Waals surface area contributed by atoms with E-state index in [2.05, 4.69) is 25.9 Å². The maximum absolute atomic E-state index is 14.0. The van der Waals surface area contributed by atoms with Gasteiger partial charge in [-0.2, -0.15) is 13.2 Å². The first-order valence-electron chi connectivity index (χ1n) is 9.48. The van der Waals surface area contributed by atoms with Crippen LogP contribution in [0.4, 0.5) is 18.9 Å². The molecule has 0 radical (unpaired) electrons. The third-order valence-electron chi connectivity index (χ3n) is 5.21. The number of aromatic nitrogens is 1. The van der Waals surface area contributed by atoms with E-state index in [9.17, 15) is 18.3 Å². The lowest BCUT2D eigenvalue weighted by molar-refractivity contribution is -0.234. The van der Waals surface area contributed by atoms with Crippen LogP contribution in [0.5, 0.6) is 5.75 Å². The van der Waals surface area contributed by atoms with Crippen molar-refractivity contribution in [2.75, 3.05) is 7.11 Å². The molecule has 31 heavy (non-hydrogen) atoms. The summed E-state index contributed by atoms with van der Waals surface area (Å²) < 4.78 is 47.9. The van der Waals surface area contributed by atoms with E-state index in [-0.39, 0.29) is 0 Å². The van der Waals surface area contributed by atoms with Gasteiger partial charge in [-0.15, -0.1) is 0 Å². The van der Waals surface area contributed by atoms with Crippen molar-refractivity contribution in [3.05, 3.63) is 64.9 Å². The molecule has 3 aromatic rings. The molecule has 4 nitrogen and oxygen atoms in total. The average Bonchev–Trinajstić information content (AvgIpc) is 2.71. The van der Waals surface area contributed by atoms with Crippen LogP contribution in [0.15, 0.2) is 64.3 Å². The maximum Gasteiger partial charge on any atom is 0.422 e. The van der Waals surface area contributed by atoms with Crippen molar-refractivity contribution < 1.29 is 23.0 Å². The molecule has 3 rings (SSSR count). The second-order valence-electron chi connectivity index (χ2n) is 7.96. The molecule has 0 spiro atoms. The number of methoxy groups -OCH3 is 1. The second kappa shape index (κ2) is 8.59. The van der Waals surface area contributed by atoms with E-state index in [1.807, 2.05) is 0 Å². The fraction of sp³-hybridized carbons (Fsp3) is 0.304. The summed E-state index contributed by atoms with van der Waals surface area (Å²) in [6.45, 7) is 3.29. The normalized spacial score (nSPS) is 14.7. The first-order valence-corrected chi connectivity index (χ1v) is 10.3. The van der Waals surface area contributed by atoms with Crippen molar-refractivity contribution >= 4 is 38.6 Å². The number of benzene rings is 2. The fourth-order valence-corrected chi connectivity index (χ4v) is 3.88. The van der Waals surface area contributed by atoms with Gasteiger partial charge in [0.25, 0.3) is 0 Å². The van der Waals surface area contributed by atoms with Gasteiger partial charge in [0.15, 0.2) is 5.60 Å². The monoisotopic (exact) mass is 494 g/mol. The van der Waals surface area contributed by atoms with Crippen LogP contribution in [0.3, 0.4) is 0 Å². The van der Waals surface area contributed by atoms with Gasteiger partial charge in [0.1, 0.15) is 5.75 Å². The number of rotatable bonds is 6. The topological polar surface area (TPSA) is 54.7 Å². The Morgan fingerprint density at radius 1 is 1.16 bits per heavy atom. The van der Waals surface area contributed by atoms with Crippen LogP contribution < -0.4 is 4.74 Å². The SMILES string of the molecule is COc1cc(C(C)(C)CC(O)(C=Nc2cccc3cnccc23)C(F)(F)F)ccc1Br. The minimum absolute atomic E-state index is 0.325. The van der Waals surface area contributed by atoms with Crippen molar-refractivity contribution in [1.29, 1.82) is 0 Å². The minimum Gasteiger partial charge on any atom is -0.496 e. The summed E-state index contributed by atoms with van der Waals surface area (Å²) in [5.74, 6) is 0.499. The lowest BCUT2D eigenvalue weighted by Crippen LogP contribution is -2.50. The second-order valence-corrected chi connectivity index (χ2v) is 8.82. The Morgan fingerprint density at radius 3 is 2.58 bits per heavy atom. The Hall–Kier alpha value is -2.45. The van der Waals surface area contributed by atoms with Crippen LogP contribution in [0, 0.1) is 0 Å². The third-order valence-corrected chi connectivity index (χ3v) is 5.86. The lowest BCUT2D eigenvalue weighted by Gasteiger charge is -2.35. The molecule has 0 saturated heterocycles. The van der Waals surface area contributed by atoms with Crippen LogP contribution in [0.2, 0.25) is 0 Å². The van der Waals surface area contributed by atoms with E-state index in [1.54, 1.807) is 68.7 Å². The Morgan fingerprint density at radius 2 is 1.90 bits per heavy atom. The maximum atomic E-state index is 14.0. The summed E-state index contributed by atoms with van der Waals surface area (Å²) in [4.78, 5) is 8.05. The lowest BCUT2D eigenvalue weighted by atomic mass is 9.75. The number of hydrogen-bond donors (Lipinski definition) is 1. The van der Waals surface area contributed by atoms with Crippen LogP contribution >= 0.6 is 15.9 Å². The van der Waals surface area contributed by atoms with Gasteiger partial charge in [-0.1, -0.05) is 32.0 Å². The number of aliphatic imine (C=N–C) groups is 1. The van der Waals surface area contributed by atoms with E-state index < -0.39 is 23.6 Å². The molecule has 164 valence electrons. The Labute approximate surface area is 186 Å². The molecule has 1 heterocycles. The van der Waals surface area contributed by atoms with Gasteiger partial charge in [0.2, 0.25) is 0 Å². The molecular weight excluding hydrogens is 473 g/mol. The van der Waals surface area contributed by atoms with Gasteiger partial charge >= 0.3 is 6.18 Å². The Bertz CT molecular complexity index is 1110. The van der Waals surface area contributed by atoms with Crippen LogP contribution in [0.25, 0.3) is 10.8 Å². The number of aliphatic hydroxyl groups is 1. The van der Waals surface area contributed by atoms with Gasteiger partial charge in [0, 0.05) is 29.4 Å². The average molecular weight is 495 g/mol. The summed E-state index contributed by atoms with van der Waals surface area (Å²) in [5.41, 5.74) is -3.25.